The molecule has 11 nitrogen and oxygen atoms in total. The molecule has 0 aliphatic carbocycles. The van der Waals surface area contributed by atoms with Crippen molar-refractivity contribution in [3.8, 4) is 17.2 Å². The first-order valence-electron chi connectivity index (χ1n) is 11.8. The molecule has 0 saturated heterocycles. The van der Waals surface area contributed by atoms with Gasteiger partial charge in [-0.3, -0.25) is 19.9 Å². The monoisotopic (exact) mass is 573 g/mol. The van der Waals surface area contributed by atoms with Crippen molar-refractivity contribution < 1.29 is 14.3 Å². The van der Waals surface area contributed by atoms with Crippen LogP contribution in [0, 0.1) is 0 Å². The SMILES string of the molecule is CC(C)c1cc(=O)[nH]c2ccc(Oc3c(Cl)cc(-n4nc(NC(=O)OC(C)(C)C)c(=O)[nH]c4=O)cc3Cl)cc12. The first-order valence-corrected chi connectivity index (χ1v) is 12.6. The zero-order valence-electron chi connectivity index (χ0n) is 21.6. The second-order valence-corrected chi connectivity index (χ2v) is 10.8. The maximum Gasteiger partial charge on any atom is 0.413 e. The van der Waals surface area contributed by atoms with E-state index < -0.39 is 28.8 Å². The van der Waals surface area contributed by atoms with E-state index in [-0.39, 0.29) is 33.0 Å². The minimum atomic E-state index is -0.925. The number of hydrogen-bond acceptors (Lipinski definition) is 7. The van der Waals surface area contributed by atoms with Gasteiger partial charge in [-0.25, -0.2) is 9.59 Å². The van der Waals surface area contributed by atoms with Gasteiger partial charge in [0.15, 0.2) is 5.75 Å². The largest absolute Gasteiger partial charge is 0.454 e. The number of amides is 1. The molecule has 0 bridgehead atoms. The number of nitrogens with one attached hydrogen (secondary N) is 3. The Labute approximate surface area is 231 Å². The van der Waals surface area contributed by atoms with Gasteiger partial charge in [-0.05, 0) is 62.6 Å². The summed E-state index contributed by atoms with van der Waals surface area (Å²) in [7, 11) is 0. The molecule has 3 N–H and O–H groups in total. The van der Waals surface area contributed by atoms with Crippen molar-refractivity contribution in [3.63, 3.8) is 0 Å². The first-order chi connectivity index (χ1) is 18.2. The molecule has 4 rings (SSSR count). The number of anilines is 1. The standard InChI is InChI=1S/C26H25Cl2N5O6/c1-12(2)15-11-20(34)29-19-7-6-14(10-16(15)19)38-21-17(27)8-13(9-18(21)28)33-24(36)31-23(35)22(32-33)30-25(37)39-26(3,4)5/h6-12H,1-5H3,(H,29,34)(H,30,32,37)(H,31,35,36). The van der Waals surface area contributed by atoms with E-state index in [9.17, 15) is 19.2 Å². The van der Waals surface area contributed by atoms with E-state index in [1.165, 1.54) is 12.1 Å². The van der Waals surface area contributed by atoms with Crippen molar-refractivity contribution in [1.82, 2.24) is 19.7 Å². The number of benzene rings is 2. The Morgan fingerprint density at radius 1 is 1.03 bits per heavy atom. The van der Waals surface area contributed by atoms with Gasteiger partial charge in [-0.1, -0.05) is 37.0 Å². The summed E-state index contributed by atoms with van der Waals surface area (Å²) in [6, 6.07) is 9.43. The lowest BCUT2D eigenvalue weighted by molar-refractivity contribution is 0.0634. The van der Waals surface area contributed by atoms with Crippen LogP contribution in [-0.4, -0.2) is 31.4 Å². The van der Waals surface area contributed by atoms with Gasteiger partial charge in [0.05, 0.1) is 15.7 Å². The summed E-state index contributed by atoms with van der Waals surface area (Å²) < 4.78 is 11.9. The number of carbonyl (C=O) groups is 1. The van der Waals surface area contributed by atoms with Crippen LogP contribution in [0.1, 0.15) is 46.1 Å². The fourth-order valence-corrected chi connectivity index (χ4v) is 4.29. The topological polar surface area (TPSA) is 148 Å². The minimum Gasteiger partial charge on any atom is -0.454 e. The molecule has 39 heavy (non-hydrogen) atoms. The molecule has 2 heterocycles. The van der Waals surface area contributed by atoms with Crippen LogP contribution < -0.4 is 26.9 Å². The molecule has 13 heteroatoms. The molecule has 0 spiro atoms. The molecular weight excluding hydrogens is 549 g/mol. The molecule has 0 aliphatic rings. The first kappa shape index (κ1) is 27.9. The summed E-state index contributed by atoms with van der Waals surface area (Å²) in [6.45, 7) is 8.92. The number of rotatable bonds is 5. The van der Waals surface area contributed by atoms with Gasteiger partial charge in [0, 0.05) is 17.0 Å². The van der Waals surface area contributed by atoms with Crippen LogP contribution in [0.15, 0.2) is 50.8 Å². The molecule has 0 saturated carbocycles. The number of carbonyl (C=O) groups excluding carboxylic acids is 1. The van der Waals surface area contributed by atoms with E-state index >= 15 is 0 Å². The second-order valence-electron chi connectivity index (χ2n) is 9.94. The number of pyridine rings is 1. The quantitative estimate of drug-likeness (QED) is 0.292. The molecule has 204 valence electrons. The van der Waals surface area contributed by atoms with Crippen molar-refractivity contribution in [1.29, 1.82) is 0 Å². The number of aromatic amines is 2. The van der Waals surface area contributed by atoms with Crippen LogP contribution >= 0.6 is 23.2 Å². The predicted molar refractivity (Wildman–Crippen MR) is 149 cm³/mol. The van der Waals surface area contributed by atoms with Crippen molar-refractivity contribution in [2.45, 2.75) is 46.1 Å². The molecule has 2 aromatic heterocycles. The van der Waals surface area contributed by atoms with Crippen molar-refractivity contribution in [3.05, 3.63) is 83.2 Å². The third-order valence-corrected chi connectivity index (χ3v) is 5.92. The number of nitrogens with zero attached hydrogens (tertiary/aromatic N) is 2. The Kier molecular flexibility index (Phi) is 7.58. The van der Waals surface area contributed by atoms with Crippen LogP contribution in [0.25, 0.3) is 16.6 Å². The van der Waals surface area contributed by atoms with Crippen LogP contribution in [0.5, 0.6) is 11.5 Å². The Hall–Kier alpha value is -4.09. The second kappa shape index (κ2) is 10.6. The maximum atomic E-state index is 12.5. The van der Waals surface area contributed by atoms with Crippen molar-refractivity contribution in [2.24, 2.45) is 0 Å². The summed E-state index contributed by atoms with van der Waals surface area (Å²) >= 11 is 12.9. The van der Waals surface area contributed by atoms with Crippen molar-refractivity contribution in [2.75, 3.05) is 5.32 Å². The van der Waals surface area contributed by atoms with Gasteiger partial charge in [-0.15, -0.1) is 5.10 Å². The zero-order chi connectivity index (χ0) is 28.6. The summed E-state index contributed by atoms with van der Waals surface area (Å²) in [5.74, 6) is 0.152. The summed E-state index contributed by atoms with van der Waals surface area (Å²) in [4.78, 5) is 53.7. The molecule has 1 amide bonds. The molecule has 4 aromatic rings. The average molecular weight is 574 g/mol. The highest BCUT2D eigenvalue weighted by atomic mass is 35.5. The zero-order valence-corrected chi connectivity index (χ0v) is 23.2. The number of H-pyrrole nitrogens is 2. The summed E-state index contributed by atoms with van der Waals surface area (Å²) in [5, 5.41) is 7.05. The average Bonchev–Trinajstić information content (AvgIpc) is 2.81. The third kappa shape index (κ3) is 6.32. The molecule has 0 unspecified atom stereocenters. The molecular formula is C26H25Cl2N5O6. The van der Waals surface area contributed by atoms with Crippen LogP contribution in [0.3, 0.4) is 0 Å². The Morgan fingerprint density at radius 2 is 1.69 bits per heavy atom. The van der Waals surface area contributed by atoms with Gasteiger partial charge in [0.1, 0.15) is 11.4 Å². The van der Waals surface area contributed by atoms with Gasteiger partial charge >= 0.3 is 11.8 Å². The molecule has 2 aromatic carbocycles. The Bertz CT molecular complexity index is 1750. The lowest BCUT2D eigenvalue weighted by Gasteiger charge is -2.19. The van der Waals surface area contributed by atoms with Gasteiger partial charge < -0.3 is 14.5 Å². The minimum absolute atomic E-state index is 0.0460. The number of ether oxygens (including phenoxy) is 2. The lowest BCUT2D eigenvalue weighted by Crippen LogP contribution is -2.36. The Morgan fingerprint density at radius 3 is 2.31 bits per heavy atom. The maximum absolute atomic E-state index is 12.5. The fraction of sp³-hybridized carbons (Fsp3) is 0.269. The normalized spacial score (nSPS) is 11.6. The highest BCUT2D eigenvalue weighted by Crippen LogP contribution is 2.39. The number of aromatic nitrogens is 4. The summed E-state index contributed by atoms with van der Waals surface area (Å²) in [5.41, 5.74) is -1.21. The highest BCUT2D eigenvalue weighted by Gasteiger charge is 2.20. The van der Waals surface area contributed by atoms with Crippen LogP contribution in [-0.2, 0) is 4.74 Å². The fourth-order valence-electron chi connectivity index (χ4n) is 3.74. The molecule has 0 radical (unpaired) electrons. The number of halogens is 2. The lowest BCUT2D eigenvalue weighted by atomic mass is 9.99. The molecule has 0 aliphatic heterocycles. The number of fused-ring (bicyclic) bond motifs is 1. The van der Waals surface area contributed by atoms with Crippen LogP contribution in [0.4, 0.5) is 10.6 Å². The molecule has 0 fully saturated rings. The van der Waals surface area contributed by atoms with Gasteiger partial charge in [-0.2, -0.15) is 4.68 Å². The predicted octanol–water partition coefficient (Wildman–Crippen LogP) is 5.33. The number of hydrogen-bond donors (Lipinski definition) is 3. The molecule has 0 atom stereocenters. The van der Waals surface area contributed by atoms with E-state index in [1.807, 2.05) is 13.8 Å². The van der Waals surface area contributed by atoms with Crippen molar-refractivity contribution >= 4 is 46.0 Å². The van der Waals surface area contributed by atoms with Gasteiger partial charge in [0.25, 0.3) is 5.56 Å². The summed E-state index contributed by atoms with van der Waals surface area (Å²) in [6.07, 6.45) is -0.925. The van der Waals surface area contributed by atoms with E-state index in [4.69, 9.17) is 32.7 Å². The highest BCUT2D eigenvalue weighted by molar-refractivity contribution is 6.37. The van der Waals surface area contributed by atoms with Crippen LogP contribution in [0.2, 0.25) is 10.0 Å². The Balaban J connectivity index is 1.69. The van der Waals surface area contributed by atoms with Gasteiger partial charge in [0.2, 0.25) is 11.4 Å². The van der Waals surface area contributed by atoms with E-state index in [1.54, 1.807) is 45.0 Å². The smallest absolute Gasteiger partial charge is 0.413 e. The van der Waals surface area contributed by atoms with E-state index in [2.05, 4.69) is 20.4 Å². The van der Waals surface area contributed by atoms with E-state index in [0.29, 0.717) is 11.3 Å². The van der Waals surface area contributed by atoms with E-state index in [0.717, 1.165) is 15.6 Å². The third-order valence-electron chi connectivity index (χ3n) is 5.36.